The van der Waals surface area contributed by atoms with Gasteiger partial charge in [-0.25, -0.2) is 4.98 Å². The third kappa shape index (κ3) is 2.52. The molecule has 1 saturated heterocycles. The predicted molar refractivity (Wildman–Crippen MR) is 82.3 cm³/mol. The second-order valence-corrected chi connectivity index (χ2v) is 9.03. The molecule has 1 aromatic rings. The van der Waals surface area contributed by atoms with E-state index in [9.17, 15) is 9.66 Å². The highest BCUT2D eigenvalue weighted by Gasteiger charge is 2.54. The van der Waals surface area contributed by atoms with Crippen molar-refractivity contribution in [1.29, 1.82) is 0 Å². The van der Waals surface area contributed by atoms with E-state index in [1.165, 1.54) is 0 Å². The molecule has 1 aliphatic heterocycles. The Hall–Kier alpha value is -0.140. The number of nitrogens with one attached hydrogen (secondary N) is 1. The van der Waals surface area contributed by atoms with Crippen molar-refractivity contribution < 1.29 is 9.66 Å². The van der Waals surface area contributed by atoms with Crippen LogP contribution in [0.2, 0.25) is 0 Å². The lowest BCUT2D eigenvalue weighted by atomic mass is 9.64. The minimum atomic E-state index is -1.14. The highest BCUT2D eigenvalue weighted by Crippen LogP contribution is 2.50. The summed E-state index contributed by atoms with van der Waals surface area (Å²) in [4.78, 5) is 4.50. The zero-order chi connectivity index (χ0) is 14.5. The Kier molecular flexibility index (Phi) is 3.88. The van der Waals surface area contributed by atoms with Crippen molar-refractivity contribution in [3.8, 4) is 0 Å². The van der Waals surface area contributed by atoms with Crippen molar-refractivity contribution in [2.75, 3.05) is 0 Å². The Balaban J connectivity index is 1.94. The standard InChI is InChI=1S/C14H19BrN2O2S/c1-14(2)7-9-8(6-11(9)18)13(17-20(14)19)10-4-3-5-12(15)16-10/h3-5,8-9,11,13,17-18H,6-7H2,1-2H3. The molecule has 1 aliphatic carbocycles. The molecule has 0 amide bonds. The Labute approximate surface area is 130 Å². The first-order valence-corrected chi connectivity index (χ1v) is 8.81. The van der Waals surface area contributed by atoms with Gasteiger partial charge in [0.2, 0.25) is 0 Å². The van der Waals surface area contributed by atoms with Gasteiger partial charge < -0.3 is 9.66 Å². The number of aliphatic hydroxyl groups is 1. The monoisotopic (exact) mass is 358 g/mol. The number of nitrogens with zero attached hydrogens (tertiary/aromatic N) is 1. The van der Waals surface area contributed by atoms with Gasteiger partial charge in [0.15, 0.2) is 0 Å². The molecule has 5 atom stereocenters. The van der Waals surface area contributed by atoms with Crippen LogP contribution in [0.5, 0.6) is 0 Å². The molecule has 6 heteroatoms. The number of aromatic nitrogens is 1. The van der Waals surface area contributed by atoms with Gasteiger partial charge in [-0.15, -0.1) is 4.72 Å². The van der Waals surface area contributed by atoms with Gasteiger partial charge >= 0.3 is 0 Å². The lowest BCUT2D eigenvalue weighted by Gasteiger charge is -2.43. The number of halogens is 1. The van der Waals surface area contributed by atoms with E-state index in [2.05, 4.69) is 25.6 Å². The molecule has 110 valence electrons. The maximum Gasteiger partial charge on any atom is 0.140 e. The van der Waals surface area contributed by atoms with Crippen molar-refractivity contribution in [2.24, 2.45) is 11.8 Å². The first kappa shape index (κ1) is 14.8. The highest BCUT2D eigenvalue weighted by atomic mass is 79.9. The molecule has 1 aromatic heterocycles. The summed E-state index contributed by atoms with van der Waals surface area (Å²) >= 11 is 2.25. The molecule has 2 aliphatic rings. The van der Waals surface area contributed by atoms with E-state index < -0.39 is 11.4 Å². The summed E-state index contributed by atoms with van der Waals surface area (Å²) in [6.07, 6.45) is 1.26. The third-order valence-electron chi connectivity index (χ3n) is 4.50. The Bertz CT molecular complexity index is 514. The summed E-state index contributed by atoms with van der Waals surface area (Å²) in [6.45, 7) is 3.99. The largest absolute Gasteiger partial charge is 0.598 e. The minimum absolute atomic E-state index is 0.0523. The third-order valence-corrected chi connectivity index (χ3v) is 6.58. The van der Waals surface area contributed by atoms with Crippen molar-refractivity contribution in [1.82, 2.24) is 9.71 Å². The summed E-state index contributed by atoms with van der Waals surface area (Å²) < 4.78 is 16.2. The van der Waals surface area contributed by atoms with Crippen molar-refractivity contribution in [3.63, 3.8) is 0 Å². The quantitative estimate of drug-likeness (QED) is 0.597. The molecule has 0 bridgehead atoms. The molecule has 2 heterocycles. The molecule has 0 radical (unpaired) electrons. The van der Waals surface area contributed by atoms with Crippen LogP contribution in [0.1, 0.15) is 38.4 Å². The number of hydrogen-bond donors (Lipinski definition) is 2. The lowest BCUT2D eigenvalue weighted by Crippen LogP contribution is -2.46. The van der Waals surface area contributed by atoms with Crippen molar-refractivity contribution in [3.05, 3.63) is 28.5 Å². The maximum absolute atomic E-state index is 12.5. The number of aliphatic hydroxyl groups excluding tert-OH is 1. The first-order chi connectivity index (χ1) is 9.38. The summed E-state index contributed by atoms with van der Waals surface area (Å²) in [6, 6.07) is 5.73. The molecular formula is C14H19BrN2O2S. The van der Waals surface area contributed by atoms with E-state index in [1.807, 2.05) is 32.0 Å². The van der Waals surface area contributed by atoms with Crippen LogP contribution in [0.4, 0.5) is 0 Å². The van der Waals surface area contributed by atoms with Crippen LogP contribution >= 0.6 is 15.9 Å². The number of rotatable bonds is 1. The van der Waals surface area contributed by atoms with Gasteiger partial charge in [-0.05, 0) is 60.2 Å². The molecule has 0 aromatic carbocycles. The van der Waals surface area contributed by atoms with E-state index in [1.54, 1.807) is 0 Å². The number of fused-ring (bicyclic) bond motifs is 1. The minimum Gasteiger partial charge on any atom is -0.598 e. The van der Waals surface area contributed by atoms with Gasteiger partial charge in [0.05, 0.1) is 17.8 Å². The number of hydrogen-bond acceptors (Lipinski definition) is 4. The van der Waals surface area contributed by atoms with Crippen LogP contribution in [0.25, 0.3) is 0 Å². The molecule has 20 heavy (non-hydrogen) atoms. The fourth-order valence-corrected chi connectivity index (χ4v) is 4.82. The molecule has 0 spiro atoms. The van der Waals surface area contributed by atoms with Gasteiger partial charge in [-0.1, -0.05) is 6.07 Å². The Morgan fingerprint density at radius 2 is 2.20 bits per heavy atom. The van der Waals surface area contributed by atoms with E-state index in [0.717, 1.165) is 23.1 Å². The molecule has 1 saturated carbocycles. The van der Waals surface area contributed by atoms with Crippen LogP contribution in [-0.2, 0) is 11.4 Å². The van der Waals surface area contributed by atoms with Crippen LogP contribution in [-0.4, -0.2) is 25.5 Å². The predicted octanol–water partition coefficient (Wildman–Crippen LogP) is 2.32. The normalized spacial score (nSPS) is 39.5. The average molecular weight is 359 g/mol. The Morgan fingerprint density at radius 3 is 2.85 bits per heavy atom. The first-order valence-electron chi connectivity index (χ1n) is 6.87. The van der Waals surface area contributed by atoms with Crippen LogP contribution in [0.15, 0.2) is 22.8 Å². The average Bonchev–Trinajstić information content (AvgIpc) is 2.46. The fourth-order valence-electron chi connectivity index (χ4n) is 3.27. The maximum atomic E-state index is 12.5. The smallest absolute Gasteiger partial charge is 0.140 e. The summed E-state index contributed by atoms with van der Waals surface area (Å²) in [5, 5.41) is 10.0. The topological polar surface area (TPSA) is 68.2 Å². The van der Waals surface area contributed by atoms with E-state index in [0.29, 0.717) is 5.92 Å². The van der Waals surface area contributed by atoms with Crippen LogP contribution < -0.4 is 4.72 Å². The van der Waals surface area contributed by atoms with Gasteiger partial charge in [0.1, 0.15) is 9.35 Å². The SMILES string of the molecule is CC1(C)CC2C(O)CC2C(c2cccc(Br)n2)N[S+]1[O-]. The number of pyridine rings is 1. The molecule has 2 N–H and O–H groups in total. The van der Waals surface area contributed by atoms with Crippen LogP contribution in [0, 0.1) is 11.8 Å². The summed E-state index contributed by atoms with van der Waals surface area (Å²) in [7, 11) is 0. The van der Waals surface area contributed by atoms with Gasteiger partial charge in [-0.2, -0.15) is 0 Å². The fraction of sp³-hybridized carbons (Fsp3) is 0.643. The molecule has 5 unspecified atom stereocenters. The van der Waals surface area contributed by atoms with Gasteiger partial charge in [0.25, 0.3) is 0 Å². The second kappa shape index (κ2) is 5.25. The molecular weight excluding hydrogens is 340 g/mol. The van der Waals surface area contributed by atoms with Crippen LogP contribution in [0.3, 0.4) is 0 Å². The van der Waals surface area contributed by atoms with E-state index in [-0.39, 0.29) is 22.8 Å². The van der Waals surface area contributed by atoms with Crippen molar-refractivity contribution >= 4 is 27.3 Å². The van der Waals surface area contributed by atoms with E-state index >= 15 is 0 Å². The Morgan fingerprint density at radius 1 is 1.45 bits per heavy atom. The molecule has 3 rings (SSSR count). The van der Waals surface area contributed by atoms with Crippen molar-refractivity contribution in [2.45, 2.75) is 43.6 Å². The van der Waals surface area contributed by atoms with E-state index in [4.69, 9.17) is 0 Å². The molecule has 4 nitrogen and oxygen atoms in total. The summed E-state index contributed by atoms with van der Waals surface area (Å²) in [5.74, 6) is 0.507. The molecule has 2 fully saturated rings. The highest BCUT2D eigenvalue weighted by molar-refractivity contribution is 9.10. The van der Waals surface area contributed by atoms with Gasteiger partial charge in [0, 0.05) is 17.8 Å². The summed E-state index contributed by atoms with van der Waals surface area (Å²) in [5.41, 5.74) is 0.896. The zero-order valence-corrected chi connectivity index (χ0v) is 13.9. The van der Waals surface area contributed by atoms with Gasteiger partial charge in [-0.3, -0.25) is 0 Å². The zero-order valence-electron chi connectivity index (χ0n) is 11.5. The second-order valence-electron chi connectivity index (χ2n) is 6.34. The lowest BCUT2D eigenvalue weighted by molar-refractivity contribution is -0.0519.